The van der Waals surface area contributed by atoms with Gasteiger partial charge in [0.25, 0.3) is 0 Å². The number of amides is 9. The maximum Gasteiger partial charge on any atom is 0.326 e. The van der Waals surface area contributed by atoms with Crippen LogP contribution in [0.3, 0.4) is 0 Å². The molecule has 0 aromatic heterocycles. The third-order valence-corrected chi connectivity index (χ3v) is 9.63. The van der Waals surface area contributed by atoms with Crippen LogP contribution in [0.1, 0.15) is 86.6 Å². The van der Waals surface area contributed by atoms with Crippen LogP contribution >= 0.6 is 0 Å². The number of carbonyl (C=O) groups is 11. The van der Waals surface area contributed by atoms with E-state index in [0.717, 1.165) is 0 Å². The van der Waals surface area contributed by atoms with Crippen molar-refractivity contribution >= 4 is 65.1 Å². The van der Waals surface area contributed by atoms with Crippen LogP contribution in [0.25, 0.3) is 0 Å². The zero-order valence-electron chi connectivity index (χ0n) is 38.4. The molecule has 8 atom stereocenters. The molecule has 0 aliphatic heterocycles. The van der Waals surface area contributed by atoms with Crippen molar-refractivity contribution in [2.45, 2.75) is 136 Å². The Kier molecular flexibility index (Phi) is 23.8. The number of carboxylic acid groups (broad SMARTS) is 2. The van der Waals surface area contributed by atoms with Crippen LogP contribution < -0.4 is 54.0 Å². The van der Waals surface area contributed by atoms with Crippen LogP contribution in [-0.2, 0) is 59.2 Å². The highest BCUT2D eigenvalue weighted by molar-refractivity contribution is 5.99. The summed E-state index contributed by atoms with van der Waals surface area (Å²) in [6.07, 6.45) is -1.78. The maximum atomic E-state index is 13.7. The molecule has 24 nitrogen and oxygen atoms in total. The summed E-state index contributed by atoms with van der Waals surface area (Å²) in [5, 5.41) is 47.3. The number of carbonyl (C=O) groups excluding carboxylic acids is 9. The fourth-order valence-corrected chi connectivity index (χ4v) is 6.13. The first-order valence-electron chi connectivity index (χ1n) is 21.3. The predicted molar refractivity (Wildman–Crippen MR) is 235 cm³/mol. The summed E-state index contributed by atoms with van der Waals surface area (Å²) in [5.41, 5.74) is 12.0. The average molecular weight is 935 g/mol. The summed E-state index contributed by atoms with van der Waals surface area (Å²) < 4.78 is 0. The van der Waals surface area contributed by atoms with E-state index in [-0.39, 0.29) is 36.8 Å². The predicted octanol–water partition coefficient (Wildman–Crippen LogP) is -3.01. The summed E-state index contributed by atoms with van der Waals surface area (Å²) in [7, 11) is 0. The number of rotatable bonds is 28. The number of hydrogen-bond donors (Lipinski definition) is 13. The molecule has 1 aromatic carbocycles. The van der Waals surface area contributed by atoms with Crippen molar-refractivity contribution in [3.8, 4) is 5.75 Å². The van der Waals surface area contributed by atoms with Gasteiger partial charge in [-0.2, -0.15) is 0 Å². The fraction of sp³-hybridized carbons (Fsp3) is 0.595. The number of nitrogens with one attached hydrogen (secondary N) is 8. The second kappa shape index (κ2) is 27.5. The lowest BCUT2D eigenvalue weighted by Crippen LogP contribution is -2.60. The number of phenolic OH excluding ortho intramolecular Hbond substituents is 1. The normalized spacial score (nSPS) is 14.7. The lowest BCUT2D eigenvalue weighted by Gasteiger charge is -2.28. The molecule has 24 heteroatoms. The zero-order valence-corrected chi connectivity index (χ0v) is 38.4. The van der Waals surface area contributed by atoms with E-state index < -0.39 is 139 Å². The zero-order chi connectivity index (χ0) is 50.6. The highest BCUT2D eigenvalue weighted by Crippen LogP contribution is 2.12. The molecule has 66 heavy (non-hydrogen) atoms. The number of phenols is 1. The molecule has 0 radical (unpaired) electrons. The highest BCUT2D eigenvalue weighted by Gasteiger charge is 2.35. The van der Waals surface area contributed by atoms with Gasteiger partial charge in [-0.05, 0) is 68.6 Å². The first-order chi connectivity index (χ1) is 30.6. The van der Waals surface area contributed by atoms with Crippen LogP contribution in [0.15, 0.2) is 24.3 Å². The van der Waals surface area contributed by atoms with Crippen molar-refractivity contribution in [2.24, 2.45) is 29.2 Å². The van der Waals surface area contributed by atoms with Crippen LogP contribution in [0.5, 0.6) is 5.75 Å². The number of primary amides is 1. The molecule has 0 bridgehead atoms. The highest BCUT2D eigenvalue weighted by atomic mass is 16.4. The Hall–Kier alpha value is -6.85. The molecule has 15 N–H and O–H groups in total. The van der Waals surface area contributed by atoms with E-state index >= 15 is 0 Å². The molecule has 1 rings (SSSR count). The van der Waals surface area contributed by atoms with E-state index in [1.165, 1.54) is 26.0 Å². The largest absolute Gasteiger partial charge is 0.508 e. The molecular weight excluding hydrogens is 869 g/mol. The van der Waals surface area contributed by atoms with E-state index in [1.807, 2.05) is 0 Å². The van der Waals surface area contributed by atoms with Gasteiger partial charge in [0.05, 0.1) is 25.4 Å². The Morgan fingerprint density at radius 2 is 1.02 bits per heavy atom. The number of aromatic hydroxyl groups is 1. The van der Waals surface area contributed by atoms with E-state index in [0.29, 0.717) is 5.56 Å². The number of hydrogen-bond acceptors (Lipinski definition) is 13. The summed E-state index contributed by atoms with van der Waals surface area (Å²) in [5.74, 6) is -12.3. The number of benzene rings is 1. The van der Waals surface area contributed by atoms with Gasteiger partial charge in [0.1, 0.15) is 48.0 Å². The molecule has 0 saturated heterocycles. The van der Waals surface area contributed by atoms with Crippen molar-refractivity contribution in [2.75, 3.05) is 6.54 Å². The molecule has 0 aliphatic carbocycles. The van der Waals surface area contributed by atoms with Gasteiger partial charge >= 0.3 is 11.9 Å². The Morgan fingerprint density at radius 3 is 1.50 bits per heavy atom. The summed E-state index contributed by atoms with van der Waals surface area (Å²) in [4.78, 5) is 140. The topological polar surface area (TPSA) is 397 Å². The van der Waals surface area contributed by atoms with Crippen LogP contribution in [-0.4, -0.2) is 135 Å². The first-order valence-corrected chi connectivity index (χ1v) is 21.3. The molecule has 0 fully saturated rings. The molecule has 368 valence electrons. The molecule has 0 unspecified atom stereocenters. The quantitative estimate of drug-likeness (QED) is 0.0398. The standard InChI is InChI=1S/C42H66N10O14/c1-19(2)13-27(38(61)48-28(16-31(44)54)39(62)49-29(17-33(56)57)40(63)51-30(42(65)66)14-20(3)4)50-41(64)34(21(5)6)52-36(59)23(8)46-32(55)18-45-35(58)22(7)47-37(60)26(43)15-24-9-11-25(53)12-10-24/h9-12,19-23,26-30,34,53H,13-18,43H2,1-8H3,(H2,44,54)(H,45,58)(H,46,55)(H,47,60)(H,48,61)(H,49,62)(H,50,64)(H,51,63)(H,52,59)(H,56,57)(H,65,66)/t22-,23-,26-,27-,28-,29-,30-,34-/m0/s1. The molecule has 0 spiro atoms. The Balaban J connectivity index is 3.00. The SMILES string of the molecule is CC(C)C[C@H](NC(=O)[C@H](CC(=O)O)NC(=O)[C@H](CC(N)=O)NC(=O)[C@H](CC(C)C)NC(=O)[C@@H](NC(=O)[C@H](C)NC(=O)CNC(=O)[C@H](C)NC(=O)[C@@H](N)Cc1ccc(O)cc1)C(C)C)C(=O)O. The minimum atomic E-state index is -1.85. The van der Waals surface area contributed by atoms with Crippen LogP contribution in [0, 0.1) is 17.8 Å². The van der Waals surface area contributed by atoms with E-state index in [2.05, 4.69) is 42.5 Å². The Morgan fingerprint density at radius 1 is 0.545 bits per heavy atom. The van der Waals surface area contributed by atoms with E-state index in [9.17, 15) is 68.1 Å². The smallest absolute Gasteiger partial charge is 0.326 e. The third-order valence-electron chi connectivity index (χ3n) is 9.63. The average Bonchev–Trinajstić information content (AvgIpc) is 3.20. The maximum absolute atomic E-state index is 13.7. The molecule has 0 saturated carbocycles. The minimum absolute atomic E-state index is 0.0250. The number of aliphatic carboxylic acids is 2. The molecule has 0 heterocycles. The van der Waals surface area contributed by atoms with Gasteiger partial charge in [-0.25, -0.2) is 4.79 Å². The molecule has 0 aliphatic rings. The van der Waals surface area contributed by atoms with Crippen LogP contribution in [0.2, 0.25) is 0 Å². The van der Waals surface area contributed by atoms with Crippen molar-refractivity contribution in [3.05, 3.63) is 29.8 Å². The second-order valence-electron chi connectivity index (χ2n) is 17.1. The van der Waals surface area contributed by atoms with Gasteiger partial charge in [-0.1, -0.05) is 53.7 Å². The lowest BCUT2D eigenvalue weighted by atomic mass is 9.99. The van der Waals surface area contributed by atoms with Gasteiger partial charge in [-0.3, -0.25) is 47.9 Å². The fourth-order valence-electron chi connectivity index (χ4n) is 6.13. The van der Waals surface area contributed by atoms with Crippen molar-refractivity contribution < 1.29 is 68.1 Å². The number of carboxylic acids is 2. The Labute approximate surface area is 382 Å². The van der Waals surface area contributed by atoms with Gasteiger partial charge in [0.2, 0.25) is 53.2 Å². The first kappa shape index (κ1) is 57.2. The monoisotopic (exact) mass is 934 g/mol. The van der Waals surface area contributed by atoms with Gasteiger partial charge in [-0.15, -0.1) is 0 Å². The van der Waals surface area contributed by atoms with Crippen molar-refractivity contribution in [3.63, 3.8) is 0 Å². The van der Waals surface area contributed by atoms with E-state index in [4.69, 9.17) is 11.5 Å². The molecule has 1 aromatic rings. The van der Waals surface area contributed by atoms with Gasteiger partial charge in [0.15, 0.2) is 0 Å². The summed E-state index contributed by atoms with van der Waals surface area (Å²) in [6, 6.07) is -5.08. The lowest BCUT2D eigenvalue weighted by molar-refractivity contribution is -0.144. The van der Waals surface area contributed by atoms with E-state index in [1.54, 1.807) is 53.7 Å². The minimum Gasteiger partial charge on any atom is -0.508 e. The van der Waals surface area contributed by atoms with Gasteiger partial charge in [0, 0.05) is 0 Å². The summed E-state index contributed by atoms with van der Waals surface area (Å²) >= 11 is 0. The van der Waals surface area contributed by atoms with Gasteiger partial charge < -0.3 is 69.3 Å². The van der Waals surface area contributed by atoms with Crippen molar-refractivity contribution in [1.82, 2.24) is 42.5 Å². The Bertz CT molecular complexity index is 1910. The van der Waals surface area contributed by atoms with Crippen LogP contribution in [0.4, 0.5) is 0 Å². The van der Waals surface area contributed by atoms with Crippen molar-refractivity contribution in [1.29, 1.82) is 0 Å². The number of nitrogens with two attached hydrogens (primary N) is 2. The third kappa shape index (κ3) is 21.2. The second-order valence-corrected chi connectivity index (χ2v) is 17.1. The molecule has 9 amide bonds. The summed E-state index contributed by atoms with van der Waals surface area (Å²) in [6.45, 7) is 12.0. The molecular formula is C42H66N10O14.